The average Bonchev–Trinajstić information content (AvgIpc) is 1.90. The third-order valence-electron chi connectivity index (χ3n) is 2.06. The molecule has 0 aromatic rings. The molecule has 0 aromatic heterocycles. The Hall–Kier alpha value is -0.0800. The summed E-state index contributed by atoms with van der Waals surface area (Å²) in [6, 6.07) is 0. The zero-order chi connectivity index (χ0) is 5.82. The van der Waals surface area contributed by atoms with Gasteiger partial charge in [-0.3, -0.25) is 0 Å². The zero-order valence-corrected chi connectivity index (χ0v) is 6.10. The topological polar surface area (TPSA) is 61.0 Å². The Labute approximate surface area is 57.4 Å². The van der Waals surface area contributed by atoms with Crippen molar-refractivity contribution in [2.75, 3.05) is 6.54 Å². The van der Waals surface area contributed by atoms with Gasteiger partial charge in [0, 0.05) is 0 Å². The molecule has 0 aromatic carbocycles. The highest BCUT2D eigenvalue weighted by Gasteiger charge is 2.09. The van der Waals surface area contributed by atoms with Gasteiger partial charge in [-0.15, -0.1) is 0 Å². The summed E-state index contributed by atoms with van der Waals surface area (Å²) in [7, 11) is 0. The van der Waals surface area contributed by atoms with E-state index in [1.54, 1.807) is 0 Å². The van der Waals surface area contributed by atoms with Gasteiger partial charge in [0.15, 0.2) is 0 Å². The molecule has 2 heteroatoms. The van der Waals surface area contributed by atoms with E-state index >= 15 is 0 Å². The van der Waals surface area contributed by atoms with Crippen LogP contribution < -0.4 is 11.9 Å². The molecule has 0 spiro atoms. The summed E-state index contributed by atoms with van der Waals surface area (Å²) in [5, 5.41) is 0. The van der Waals surface area contributed by atoms with E-state index in [9.17, 15) is 0 Å². The maximum atomic E-state index is 5.50. The minimum Gasteiger partial charge on any atom is -0.344 e. The molecule has 0 unspecified atom stereocenters. The Bertz CT molecular complexity index is 57.9. The number of nitrogens with two attached hydrogens (primary N) is 1. The summed E-state index contributed by atoms with van der Waals surface area (Å²) in [5.41, 5.74) is 5.50. The van der Waals surface area contributed by atoms with Crippen LogP contribution in [0.2, 0.25) is 0 Å². The molecule has 0 atom stereocenters. The number of rotatable bonds is 1. The van der Waals surface area contributed by atoms with E-state index in [4.69, 9.17) is 5.73 Å². The maximum absolute atomic E-state index is 5.50. The SMILES string of the molecule is N.NCC1CCCCC1. The normalized spacial score (nSPS) is 21.0. The highest BCUT2D eigenvalue weighted by Crippen LogP contribution is 2.21. The Kier molecular flexibility index (Phi) is 4.72. The summed E-state index contributed by atoms with van der Waals surface area (Å²) < 4.78 is 0. The molecule has 1 aliphatic rings. The Morgan fingerprint density at radius 1 is 1.11 bits per heavy atom. The molecule has 9 heavy (non-hydrogen) atoms. The van der Waals surface area contributed by atoms with Crippen LogP contribution in [0.5, 0.6) is 0 Å². The maximum Gasteiger partial charge on any atom is -0.00489 e. The van der Waals surface area contributed by atoms with Crippen LogP contribution in [-0.4, -0.2) is 6.54 Å². The Morgan fingerprint density at radius 2 is 1.67 bits per heavy atom. The first kappa shape index (κ1) is 8.92. The van der Waals surface area contributed by atoms with Crippen LogP contribution in [-0.2, 0) is 0 Å². The lowest BCUT2D eigenvalue weighted by Gasteiger charge is -2.18. The molecule has 1 rings (SSSR count). The number of hydrogen-bond acceptors (Lipinski definition) is 2. The van der Waals surface area contributed by atoms with Crippen molar-refractivity contribution in [3.63, 3.8) is 0 Å². The monoisotopic (exact) mass is 130 g/mol. The van der Waals surface area contributed by atoms with Crippen LogP contribution in [0.15, 0.2) is 0 Å². The van der Waals surface area contributed by atoms with Crippen molar-refractivity contribution in [3.05, 3.63) is 0 Å². The van der Waals surface area contributed by atoms with Crippen LogP contribution in [0.3, 0.4) is 0 Å². The molecule has 0 radical (unpaired) electrons. The fourth-order valence-electron chi connectivity index (χ4n) is 1.42. The summed E-state index contributed by atoms with van der Waals surface area (Å²) >= 11 is 0. The second-order valence-corrected chi connectivity index (χ2v) is 2.74. The van der Waals surface area contributed by atoms with Crippen LogP contribution in [0.25, 0.3) is 0 Å². The van der Waals surface area contributed by atoms with Crippen LogP contribution in [0, 0.1) is 5.92 Å². The molecule has 0 amide bonds. The van der Waals surface area contributed by atoms with Crippen LogP contribution >= 0.6 is 0 Å². The van der Waals surface area contributed by atoms with Crippen molar-refractivity contribution in [2.24, 2.45) is 11.7 Å². The van der Waals surface area contributed by atoms with Crippen LogP contribution in [0.1, 0.15) is 32.1 Å². The summed E-state index contributed by atoms with van der Waals surface area (Å²) in [4.78, 5) is 0. The van der Waals surface area contributed by atoms with Gasteiger partial charge in [0.05, 0.1) is 0 Å². The highest BCUT2D eigenvalue weighted by atomic mass is 14.5. The lowest BCUT2D eigenvalue weighted by molar-refractivity contribution is 0.366. The molecular formula is C7H18N2. The molecule has 56 valence electrons. The molecule has 5 N–H and O–H groups in total. The van der Waals surface area contributed by atoms with E-state index in [1.165, 1.54) is 32.1 Å². The van der Waals surface area contributed by atoms with E-state index in [0.717, 1.165) is 12.5 Å². The largest absolute Gasteiger partial charge is 0.344 e. The summed E-state index contributed by atoms with van der Waals surface area (Å²) in [5.74, 6) is 0.865. The fraction of sp³-hybridized carbons (Fsp3) is 1.00. The van der Waals surface area contributed by atoms with Crippen molar-refractivity contribution in [2.45, 2.75) is 32.1 Å². The molecule has 0 heterocycles. The smallest absolute Gasteiger partial charge is 0.00489 e. The van der Waals surface area contributed by atoms with Gasteiger partial charge in [-0.25, -0.2) is 0 Å². The first-order chi connectivity index (χ1) is 3.93. The van der Waals surface area contributed by atoms with E-state index in [-0.39, 0.29) is 6.15 Å². The third kappa shape index (κ3) is 2.82. The minimum atomic E-state index is 0. The van der Waals surface area contributed by atoms with Gasteiger partial charge in [0.2, 0.25) is 0 Å². The standard InChI is InChI=1S/C7H15N.H3N/c8-6-7-4-2-1-3-5-7;/h7H,1-6,8H2;1H3. The summed E-state index contributed by atoms with van der Waals surface area (Å²) in [6.07, 6.45) is 7.05. The molecule has 0 bridgehead atoms. The van der Waals surface area contributed by atoms with Crippen molar-refractivity contribution < 1.29 is 0 Å². The Morgan fingerprint density at radius 3 is 2.00 bits per heavy atom. The van der Waals surface area contributed by atoms with Gasteiger partial charge in [-0.1, -0.05) is 19.3 Å². The second kappa shape index (κ2) is 4.77. The predicted octanol–water partition coefficient (Wildman–Crippen LogP) is 1.69. The minimum absolute atomic E-state index is 0. The van der Waals surface area contributed by atoms with Gasteiger partial charge >= 0.3 is 0 Å². The zero-order valence-electron chi connectivity index (χ0n) is 6.10. The molecule has 1 aliphatic carbocycles. The molecular weight excluding hydrogens is 112 g/mol. The molecule has 2 nitrogen and oxygen atoms in total. The lowest BCUT2D eigenvalue weighted by atomic mass is 9.90. The quantitative estimate of drug-likeness (QED) is 0.567. The van der Waals surface area contributed by atoms with Crippen LogP contribution in [0.4, 0.5) is 0 Å². The van der Waals surface area contributed by atoms with Crippen molar-refractivity contribution in [1.82, 2.24) is 6.15 Å². The van der Waals surface area contributed by atoms with Crippen molar-refractivity contribution in [3.8, 4) is 0 Å². The lowest BCUT2D eigenvalue weighted by Crippen LogP contribution is -2.16. The molecule has 0 saturated heterocycles. The fourth-order valence-corrected chi connectivity index (χ4v) is 1.42. The Balaban J connectivity index is 0.000000640. The van der Waals surface area contributed by atoms with E-state index in [1.807, 2.05) is 0 Å². The van der Waals surface area contributed by atoms with Crippen molar-refractivity contribution in [1.29, 1.82) is 0 Å². The van der Waals surface area contributed by atoms with E-state index < -0.39 is 0 Å². The van der Waals surface area contributed by atoms with Gasteiger partial charge in [-0.05, 0) is 25.3 Å². The first-order valence-corrected chi connectivity index (χ1v) is 3.63. The first-order valence-electron chi connectivity index (χ1n) is 3.63. The highest BCUT2D eigenvalue weighted by molar-refractivity contribution is 4.65. The van der Waals surface area contributed by atoms with Gasteiger partial charge < -0.3 is 11.9 Å². The van der Waals surface area contributed by atoms with Crippen molar-refractivity contribution >= 4 is 0 Å². The average molecular weight is 130 g/mol. The van der Waals surface area contributed by atoms with Gasteiger partial charge in [0.1, 0.15) is 0 Å². The second-order valence-electron chi connectivity index (χ2n) is 2.74. The van der Waals surface area contributed by atoms with E-state index in [2.05, 4.69) is 0 Å². The van der Waals surface area contributed by atoms with Gasteiger partial charge in [0.25, 0.3) is 0 Å². The number of hydrogen-bond donors (Lipinski definition) is 2. The summed E-state index contributed by atoms with van der Waals surface area (Å²) in [6.45, 7) is 0.917. The van der Waals surface area contributed by atoms with E-state index in [0.29, 0.717) is 0 Å². The van der Waals surface area contributed by atoms with Gasteiger partial charge in [-0.2, -0.15) is 0 Å². The molecule has 1 fully saturated rings. The third-order valence-corrected chi connectivity index (χ3v) is 2.06. The predicted molar refractivity (Wildman–Crippen MR) is 40.7 cm³/mol. The molecule has 0 aliphatic heterocycles. The molecule has 1 saturated carbocycles.